The Bertz CT molecular complexity index is 915. The molecule has 0 unspecified atom stereocenters. The van der Waals surface area contributed by atoms with Gasteiger partial charge in [0.25, 0.3) is 5.91 Å². The van der Waals surface area contributed by atoms with Crippen molar-refractivity contribution in [3.8, 4) is 5.75 Å². The van der Waals surface area contributed by atoms with Crippen LogP contribution < -0.4 is 15.7 Å². The van der Waals surface area contributed by atoms with Crippen molar-refractivity contribution in [2.45, 2.75) is 53.2 Å². The molecule has 2 N–H and O–H groups in total. The number of rotatable bonds is 7. The van der Waals surface area contributed by atoms with Crippen molar-refractivity contribution in [2.75, 3.05) is 0 Å². The summed E-state index contributed by atoms with van der Waals surface area (Å²) in [6, 6.07) is 4.03. The van der Waals surface area contributed by atoms with Gasteiger partial charge in [-0.2, -0.15) is 0 Å². The highest BCUT2D eigenvalue weighted by Gasteiger charge is 2.24. The molecule has 27 heavy (non-hydrogen) atoms. The summed E-state index contributed by atoms with van der Waals surface area (Å²) in [4.78, 5) is 35.4. The third-order valence-corrected chi connectivity index (χ3v) is 4.43. The lowest BCUT2D eigenvalue weighted by atomic mass is 10.0. The molecule has 0 aliphatic rings. The van der Waals surface area contributed by atoms with Crippen molar-refractivity contribution in [3.63, 3.8) is 0 Å². The molecule has 7 nitrogen and oxygen atoms in total. The molecule has 146 valence electrons. The summed E-state index contributed by atoms with van der Waals surface area (Å²) in [6.45, 7) is 8.84. The van der Waals surface area contributed by atoms with Gasteiger partial charge in [-0.15, -0.1) is 0 Å². The predicted molar refractivity (Wildman–Crippen MR) is 101 cm³/mol. The first kappa shape index (κ1) is 20.5. The summed E-state index contributed by atoms with van der Waals surface area (Å²) < 4.78 is 10.9. The van der Waals surface area contributed by atoms with Crippen LogP contribution >= 0.6 is 0 Å². The molecule has 0 fully saturated rings. The molecule has 1 heterocycles. The van der Waals surface area contributed by atoms with E-state index in [2.05, 4.69) is 5.32 Å². The van der Waals surface area contributed by atoms with Crippen molar-refractivity contribution in [2.24, 2.45) is 5.92 Å². The lowest BCUT2D eigenvalue weighted by Crippen LogP contribution is -2.46. The quantitative estimate of drug-likeness (QED) is 0.721. The van der Waals surface area contributed by atoms with Crippen LogP contribution in [0.1, 0.15) is 38.3 Å². The average Bonchev–Trinajstić information content (AvgIpc) is 2.58. The number of fused-ring (bicyclic) bond motifs is 1. The molecule has 2 atom stereocenters. The number of hydrogen-bond donors (Lipinski definition) is 2. The average molecular weight is 375 g/mol. The van der Waals surface area contributed by atoms with E-state index in [1.54, 1.807) is 25.1 Å². The molecule has 1 amide bonds. The van der Waals surface area contributed by atoms with Crippen molar-refractivity contribution >= 4 is 22.8 Å². The molecule has 0 bridgehead atoms. The molecule has 1 aromatic carbocycles. The third-order valence-electron chi connectivity index (χ3n) is 4.43. The highest BCUT2D eigenvalue weighted by molar-refractivity contribution is 5.86. The van der Waals surface area contributed by atoms with Crippen LogP contribution in [0.25, 0.3) is 11.0 Å². The second-order valence-corrected chi connectivity index (χ2v) is 7.09. The molecule has 0 aliphatic carbocycles. The summed E-state index contributed by atoms with van der Waals surface area (Å²) >= 11 is 0. The van der Waals surface area contributed by atoms with E-state index >= 15 is 0 Å². The van der Waals surface area contributed by atoms with E-state index in [-0.39, 0.29) is 5.92 Å². The zero-order valence-electron chi connectivity index (χ0n) is 16.2. The van der Waals surface area contributed by atoms with Crippen LogP contribution in [0.3, 0.4) is 0 Å². The summed E-state index contributed by atoms with van der Waals surface area (Å²) in [5.41, 5.74) is 1.34. The molecule has 0 saturated heterocycles. The normalized spacial score (nSPS) is 13.4. The maximum atomic E-state index is 12.3. The molecule has 2 rings (SSSR count). The minimum Gasteiger partial charge on any atom is -0.481 e. The van der Waals surface area contributed by atoms with Gasteiger partial charge in [0.15, 0.2) is 6.10 Å². The van der Waals surface area contributed by atoms with E-state index in [4.69, 9.17) is 9.15 Å². The SMILES string of the molecule is Cc1c(C)c2ccc(O[C@@H](C)C(=O)N[C@H](CC(C)C)C(=O)O)cc2oc1=O. The fraction of sp³-hybridized carbons (Fsp3) is 0.450. The number of nitrogens with one attached hydrogen (secondary N) is 1. The van der Waals surface area contributed by atoms with Crippen LogP contribution in [0.2, 0.25) is 0 Å². The lowest BCUT2D eigenvalue weighted by Gasteiger charge is -2.20. The number of ether oxygens (including phenoxy) is 1. The van der Waals surface area contributed by atoms with E-state index in [1.165, 1.54) is 6.92 Å². The van der Waals surface area contributed by atoms with E-state index < -0.39 is 29.6 Å². The summed E-state index contributed by atoms with van der Waals surface area (Å²) in [5, 5.41) is 12.5. The Labute approximate surface area is 157 Å². The van der Waals surface area contributed by atoms with Crippen molar-refractivity contribution in [1.82, 2.24) is 5.32 Å². The Hall–Kier alpha value is -2.83. The topological polar surface area (TPSA) is 106 Å². The second kappa shape index (κ2) is 8.24. The Kier molecular flexibility index (Phi) is 6.25. The van der Waals surface area contributed by atoms with E-state index in [0.717, 1.165) is 10.9 Å². The largest absolute Gasteiger partial charge is 0.481 e. The molecule has 2 aromatic rings. The number of amides is 1. The van der Waals surface area contributed by atoms with Crippen LogP contribution in [0.15, 0.2) is 27.4 Å². The highest BCUT2D eigenvalue weighted by atomic mass is 16.5. The molecule has 0 spiro atoms. The van der Waals surface area contributed by atoms with Gasteiger partial charge in [-0.05, 0) is 50.8 Å². The highest BCUT2D eigenvalue weighted by Crippen LogP contribution is 2.24. The van der Waals surface area contributed by atoms with Crippen molar-refractivity contribution < 1.29 is 23.8 Å². The molecule has 1 aromatic heterocycles. The first-order chi connectivity index (χ1) is 12.6. The predicted octanol–water partition coefficient (Wildman–Crippen LogP) is 2.79. The van der Waals surface area contributed by atoms with Gasteiger partial charge in [-0.25, -0.2) is 9.59 Å². The molecule has 7 heteroatoms. The number of carbonyl (C=O) groups excluding carboxylic acids is 1. The van der Waals surface area contributed by atoms with Gasteiger partial charge in [-0.1, -0.05) is 13.8 Å². The number of aliphatic carboxylic acids is 1. The second-order valence-electron chi connectivity index (χ2n) is 7.09. The monoisotopic (exact) mass is 375 g/mol. The Balaban J connectivity index is 2.16. The van der Waals surface area contributed by atoms with Gasteiger partial charge in [0, 0.05) is 17.0 Å². The van der Waals surface area contributed by atoms with Crippen LogP contribution in [0, 0.1) is 19.8 Å². The van der Waals surface area contributed by atoms with Crippen LogP contribution in [-0.4, -0.2) is 29.1 Å². The summed E-state index contributed by atoms with van der Waals surface area (Å²) in [7, 11) is 0. The number of carboxylic acid groups (broad SMARTS) is 1. The first-order valence-electron chi connectivity index (χ1n) is 8.84. The van der Waals surface area contributed by atoms with Crippen LogP contribution in [-0.2, 0) is 9.59 Å². The van der Waals surface area contributed by atoms with Gasteiger partial charge in [0.1, 0.15) is 17.4 Å². The van der Waals surface area contributed by atoms with E-state index in [0.29, 0.717) is 23.3 Å². The minimum absolute atomic E-state index is 0.123. The third kappa shape index (κ3) is 4.87. The van der Waals surface area contributed by atoms with Crippen LogP contribution in [0.5, 0.6) is 5.75 Å². The number of carbonyl (C=O) groups is 2. The molecule has 0 saturated carbocycles. The van der Waals surface area contributed by atoms with Gasteiger partial charge >= 0.3 is 11.6 Å². The van der Waals surface area contributed by atoms with Gasteiger partial charge in [0.2, 0.25) is 0 Å². The maximum absolute atomic E-state index is 12.3. The molecule has 0 aliphatic heterocycles. The van der Waals surface area contributed by atoms with E-state index in [9.17, 15) is 19.5 Å². The molecular weight excluding hydrogens is 350 g/mol. The first-order valence-corrected chi connectivity index (χ1v) is 8.84. The zero-order valence-corrected chi connectivity index (χ0v) is 16.2. The number of aryl methyl sites for hydroxylation is 1. The fourth-order valence-electron chi connectivity index (χ4n) is 2.74. The summed E-state index contributed by atoms with van der Waals surface area (Å²) in [5.74, 6) is -1.13. The maximum Gasteiger partial charge on any atom is 0.339 e. The Morgan fingerprint density at radius 3 is 2.44 bits per heavy atom. The van der Waals surface area contributed by atoms with Gasteiger partial charge in [0.05, 0.1) is 0 Å². The van der Waals surface area contributed by atoms with Crippen LogP contribution in [0.4, 0.5) is 0 Å². The van der Waals surface area contributed by atoms with Crippen molar-refractivity contribution in [1.29, 1.82) is 0 Å². The van der Waals surface area contributed by atoms with Gasteiger partial charge < -0.3 is 19.6 Å². The molecule has 0 radical (unpaired) electrons. The molecular formula is C20H25NO6. The Morgan fingerprint density at radius 2 is 1.85 bits per heavy atom. The van der Waals surface area contributed by atoms with Gasteiger partial charge in [-0.3, -0.25) is 4.79 Å². The lowest BCUT2D eigenvalue weighted by molar-refractivity contribution is -0.143. The smallest absolute Gasteiger partial charge is 0.339 e. The summed E-state index contributed by atoms with van der Waals surface area (Å²) in [6.07, 6.45) is -0.581. The number of carboxylic acids is 1. The standard InChI is InChI=1S/C20H25NO6/c1-10(2)8-16(19(23)24)21-18(22)13(5)26-14-6-7-15-11(3)12(4)20(25)27-17(15)9-14/h6-7,9-10,13,16H,8H2,1-5H3,(H,21,22)(H,23,24)/t13-,16+/m0/s1. The van der Waals surface area contributed by atoms with Crippen molar-refractivity contribution in [3.05, 3.63) is 39.7 Å². The zero-order chi connectivity index (χ0) is 20.3. The fourth-order valence-corrected chi connectivity index (χ4v) is 2.74. The number of hydrogen-bond acceptors (Lipinski definition) is 5. The van der Waals surface area contributed by atoms with E-state index in [1.807, 2.05) is 20.8 Å². The number of benzene rings is 1. The minimum atomic E-state index is -1.08. The Morgan fingerprint density at radius 1 is 1.19 bits per heavy atom.